The Bertz CT molecular complexity index is 712. The molecule has 1 aromatic carbocycles. The molecule has 0 unspecified atom stereocenters. The second-order valence-electron chi connectivity index (χ2n) is 6.63. The molecule has 124 valence electrons. The van der Waals surface area contributed by atoms with E-state index in [0.29, 0.717) is 16.9 Å². The monoisotopic (exact) mass is 316 g/mol. The molecule has 2 N–H and O–H groups in total. The maximum absolute atomic E-state index is 14.4. The molecule has 2 aromatic rings. The zero-order valence-electron chi connectivity index (χ0n) is 13.8. The van der Waals surface area contributed by atoms with Gasteiger partial charge in [0.25, 0.3) is 5.91 Å². The first-order chi connectivity index (χ1) is 11.1. The summed E-state index contributed by atoms with van der Waals surface area (Å²) in [7, 11) is 0. The highest BCUT2D eigenvalue weighted by Crippen LogP contribution is 2.33. The SMILES string of the molecule is CCn1c(CC2CCCCCC2)c(C(N)=O)c2c(F)cccc21. The number of carbonyl (C=O) groups is 1. The Labute approximate surface area is 136 Å². The van der Waals surface area contributed by atoms with Gasteiger partial charge in [-0.2, -0.15) is 0 Å². The molecule has 0 saturated heterocycles. The van der Waals surface area contributed by atoms with E-state index in [9.17, 15) is 9.18 Å². The summed E-state index contributed by atoms with van der Waals surface area (Å²) in [6.45, 7) is 2.75. The zero-order chi connectivity index (χ0) is 16.4. The quantitative estimate of drug-likeness (QED) is 0.834. The lowest BCUT2D eigenvalue weighted by atomic mass is 9.93. The summed E-state index contributed by atoms with van der Waals surface area (Å²) in [4.78, 5) is 12.1. The number of halogens is 1. The summed E-state index contributed by atoms with van der Waals surface area (Å²) in [5, 5.41) is 0.394. The molecule has 23 heavy (non-hydrogen) atoms. The summed E-state index contributed by atoms with van der Waals surface area (Å²) in [6, 6.07) is 4.99. The van der Waals surface area contributed by atoms with Gasteiger partial charge in [-0.25, -0.2) is 4.39 Å². The van der Waals surface area contributed by atoms with Crippen LogP contribution in [-0.4, -0.2) is 10.5 Å². The molecule has 0 aliphatic heterocycles. The molecule has 3 rings (SSSR count). The predicted octanol–water partition coefficient (Wildman–Crippen LogP) is 4.41. The molecule has 1 aliphatic carbocycles. The van der Waals surface area contributed by atoms with Gasteiger partial charge in [0.15, 0.2) is 0 Å². The molecule has 1 fully saturated rings. The minimum atomic E-state index is -0.518. The van der Waals surface area contributed by atoms with E-state index >= 15 is 0 Å². The average Bonchev–Trinajstić information content (AvgIpc) is 2.66. The van der Waals surface area contributed by atoms with Crippen LogP contribution in [0.15, 0.2) is 18.2 Å². The van der Waals surface area contributed by atoms with Crippen molar-refractivity contribution >= 4 is 16.8 Å². The number of aromatic nitrogens is 1. The highest BCUT2D eigenvalue weighted by atomic mass is 19.1. The first kappa shape index (κ1) is 16.0. The lowest BCUT2D eigenvalue weighted by molar-refractivity contribution is 0.1000. The van der Waals surface area contributed by atoms with Gasteiger partial charge >= 0.3 is 0 Å². The van der Waals surface area contributed by atoms with Crippen molar-refractivity contribution in [2.75, 3.05) is 0 Å². The fourth-order valence-electron chi connectivity index (χ4n) is 4.09. The van der Waals surface area contributed by atoms with E-state index in [1.807, 2.05) is 13.0 Å². The minimum Gasteiger partial charge on any atom is -0.366 e. The highest BCUT2D eigenvalue weighted by molar-refractivity contribution is 6.08. The molecule has 3 nitrogen and oxygen atoms in total. The second kappa shape index (κ2) is 6.73. The Morgan fingerprint density at radius 2 is 1.96 bits per heavy atom. The van der Waals surface area contributed by atoms with Crippen molar-refractivity contribution in [1.29, 1.82) is 0 Å². The number of nitrogens with two attached hydrogens (primary N) is 1. The van der Waals surface area contributed by atoms with E-state index in [2.05, 4.69) is 4.57 Å². The van der Waals surface area contributed by atoms with Crippen LogP contribution in [-0.2, 0) is 13.0 Å². The molecule has 1 aliphatic rings. The summed E-state index contributed by atoms with van der Waals surface area (Å²) in [5.41, 5.74) is 7.73. The summed E-state index contributed by atoms with van der Waals surface area (Å²) >= 11 is 0. The van der Waals surface area contributed by atoms with Crippen LogP contribution in [0.2, 0.25) is 0 Å². The van der Waals surface area contributed by atoms with Crippen LogP contribution < -0.4 is 5.73 Å². The van der Waals surface area contributed by atoms with Gasteiger partial charge in [-0.05, 0) is 31.4 Å². The molecule has 0 bridgehead atoms. The fraction of sp³-hybridized carbons (Fsp3) is 0.526. The van der Waals surface area contributed by atoms with Crippen LogP contribution in [0, 0.1) is 11.7 Å². The topological polar surface area (TPSA) is 48.0 Å². The highest BCUT2D eigenvalue weighted by Gasteiger charge is 2.25. The molecule has 1 heterocycles. The largest absolute Gasteiger partial charge is 0.366 e. The number of carbonyl (C=O) groups excluding carboxylic acids is 1. The van der Waals surface area contributed by atoms with Crippen molar-refractivity contribution < 1.29 is 9.18 Å². The van der Waals surface area contributed by atoms with E-state index in [-0.39, 0.29) is 5.82 Å². The smallest absolute Gasteiger partial charge is 0.251 e. The van der Waals surface area contributed by atoms with Gasteiger partial charge in [0.1, 0.15) is 5.82 Å². The van der Waals surface area contributed by atoms with Crippen LogP contribution in [0.4, 0.5) is 4.39 Å². The first-order valence-corrected chi connectivity index (χ1v) is 8.72. The van der Waals surface area contributed by atoms with Crippen LogP contribution in [0.5, 0.6) is 0 Å². The van der Waals surface area contributed by atoms with Crippen LogP contribution in [0.3, 0.4) is 0 Å². The van der Waals surface area contributed by atoms with Gasteiger partial charge in [-0.15, -0.1) is 0 Å². The number of aryl methyl sites for hydroxylation is 1. The van der Waals surface area contributed by atoms with Crippen LogP contribution in [0.25, 0.3) is 10.9 Å². The number of fused-ring (bicyclic) bond motifs is 1. The third-order valence-electron chi connectivity index (χ3n) is 5.17. The van der Waals surface area contributed by atoms with Gasteiger partial charge in [0.05, 0.1) is 11.1 Å². The number of benzene rings is 1. The van der Waals surface area contributed by atoms with E-state index in [1.54, 1.807) is 6.07 Å². The predicted molar refractivity (Wildman–Crippen MR) is 91.0 cm³/mol. The molecule has 0 spiro atoms. The average molecular weight is 316 g/mol. The van der Waals surface area contributed by atoms with Crippen molar-refractivity contribution in [3.05, 3.63) is 35.3 Å². The third-order valence-corrected chi connectivity index (χ3v) is 5.17. The maximum Gasteiger partial charge on any atom is 0.251 e. The second-order valence-corrected chi connectivity index (χ2v) is 6.63. The first-order valence-electron chi connectivity index (χ1n) is 8.72. The van der Waals surface area contributed by atoms with Gasteiger partial charge in [0, 0.05) is 17.6 Å². The Hall–Kier alpha value is -1.84. The molecule has 4 heteroatoms. The zero-order valence-corrected chi connectivity index (χ0v) is 13.8. The normalized spacial score (nSPS) is 16.6. The van der Waals surface area contributed by atoms with E-state index in [4.69, 9.17) is 5.73 Å². The maximum atomic E-state index is 14.4. The molecule has 0 radical (unpaired) electrons. The number of rotatable bonds is 4. The van der Waals surface area contributed by atoms with Crippen LogP contribution >= 0.6 is 0 Å². The minimum absolute atomic E-state index is 0.356. The van der Waals surface area contributed by atoms with Crippen molar-refractivity contribution in [2.24, 2.45) is 11.7 Å². The Balaban J connectivity index is 2.12. The van der Waals surface area contributed by atoms with Gasteiger partial charge < -0.3 is 10.3 Å². The number of nitrogens with zero attached hydrogens (tertiary/aromatic N) is 1. The Kier molecular flexibility index (Phi) is 4.69. The van der Waals surface area contributed by atoms with Crippen molar-refractivity contribution in [3.8, 4) is 0 Å². The molecule has 1 amide bonds. The van der Waals surface area contributed by atoms with Gasteiger partial charge in [0.2, 0.25) is 0 Å². The molecule has 0 atom stereocenters. The summed E-state index contributed by atoms with van der Waals surface area (Å²) < 4.78 is 16.4. The molecule has 1 saturated carbocycles. The van der Waals surface area contributed by atoms with E-state index in [1.165, 1.54) is 44.6 Å². The lowest BCUT2D eigenvalue weighted by Gasteiger charge is -2.17. The Morgan fingerprint density at radius 1 is 1.26 bits per heavy atom. The van der Waals surface area contributed by atoms with Crippen molar-refractivity contribution in [2.45, 2.75) is 58.4 Å². The van der Waals surface area contributed by atoms with Gasteiger partial charge in [-0.3, -0.25) is 4.79 Å². The molecular weight excluding hydrogens is 291 g/mol. The van der Waals surface area contributed by atoms with Crippen molar-refractivity contribution in [3.63, 3.8) is 0 Å². The summed E-state index contributed by atoms with van der Waals surface area (Å²) in [6.07, 6.45) is 8.28. The number of primary amides is 1. The third kappa shape index (κ3) is 2.99. The molecular formula is C19H25FN2O. The number of amides is 1. The van der Waals surface area contributed by atoms with Gasteiger partial charge in [-0.1, -0.05) is 44.6 Å². The number of hydrogen-bond acceptors (Lipinski definition) is 1. The van der Waals surface area contributed by atoms with Crippen molar-refractivity contribution in [1.82, 2.24) is 4.57 Å². The van der Waals surface area contributed by atoms with E-state index < -0.39 is 5.91 Å². The van der Waals surface area contributed by atoms with Crippen LogP contribution in [0.1, 0.15) is 61.5 Å². The fourth-order valence-corrected chi connectivity index (χ4v) is 4.09. The lowest BCUT2D eigenvalue weighted by Crippen LogP contribution is -2.17. The van der Waals surface area contributed by atoms with E-state index in [0.717, 1.165) is 24.2 Å². The molecule has 1 aromatic heterocycles. The number of hydrogen-bond donors (Lipinski definition) is 1. The standard InChI is InChI=1S/C19H25FN2O/c1-2-22-15-11-7-10-14(20)17(15)18(19(21)23)16(22)12-13-8-5-3-4-6-9-13/h7,10-11,13H,2-6,8-9,12H2,1H3,(H2,21,23). The summed E-state index contributed by atoms with van der Waals surface area (Å²) in [5.74, 6) is -0.310. The Morgan fingerprint density at radius 3 is 2.57 bits per heavy atom.